The summed E-state index contributed by atoms with van der Waals surface area (Å²) < 4.78 is 4.38. The predicted octanol–water partition coefficient (Wildman–Crippen LogP) is -0.0293. The van der Waals surface area contributed by atoms with Gasteiger partial charge < -0.3 is 15.4 Å². The average Bonchev–Trinajstić information content (AvgIpc) is 1.85. The van der Waals surface area contributed by atoms with Gasteiger partial charge in [0.15, 0.2) is 0 Å². The van der Waals surface area contributed by atoms with E-state index in [1.54, 1.807) is 7.05 Å². The van der Waals surface area contributed by atoms with E-state index in [4.69, 9.17) is 5.73 Å². The number of carbonyl (C=O) groups is 1. The van der Waals surface area contributed by atoms with Crippen LogP contribution in [-0.2, 0) is 4.74 Å². The third kappa shape index (κ3) is 3.24. The van der Waals surface area contributed by atoms with Crippen molar-refractivity contribution >= 4 is 23.3 Å². The Morgan fingerprint density at radius 2 is 2.30 bits per heavy atom. The molecule has 0 fully saturated rings. The summed E-state index contributed by atoms with van der Waals surface area (Å²) in [6, 6.07) is 0. The van der Waals surface area contributed by atoms with Crippen molar-refractivity contribution in [2.45, 2.75) is 0 Å². The van der Waals surface area contributed by atoms with Crippen molar-refractivity contribution < 1.29 is 9.53 Å². The summed E-state index contributed by atoms with van der Waals surface area (Å²) in [5, 5.41) is 0. The highest BCUT2D eigenvalue weighted by atomic mass is 32.1. The van der Waals surface area contributed by atoms with Gasteiger partial charge in [0.1, 0.15) is 0 Å². The van der Waals surface area contributed by atoms with Crippen LogP contribution in [0.3, 0.4) is 0 Å². The van der Waals surface area contributed by atoms with Gasteiger partial charge in [0, 0.05) is 7.05 Å². The Bertz CT molecular complexity index is 149. The fourth-order valence-corrected chi connectivity index (χ4v) is 0.648. The first-order valence-electron chi connectivity index (χ1n) is 2.65. The summed E-state index contributed by atoms with van der Waals surface area (Å²) in [4.78, 5) is 12.2. The van der Waals surface area contributed by atoms with Gasteiger partial charge in [0.05, 0.1) is 18.6 Å². The Morgan fingerprint density at radius 1 is 1.80 bits per heavy atom. The van der Waals surface area contributed by atoms with Crippen LogP contribution in [0.15, 0.2) is 0 Å². The van der Waals surface area contributed by atoms with Crippen LogP contribution in [-0.4, -0.2) is 36.7 Å². The van der Waals surface area contributed by atoms with Crippen LogP contribution in [0.25, 0.3) is 0 Å². The number of likely N-dealkylation sites (N-methyl/N-ethyl adjacent to an activating group) is 1. The minimum absolute atomic E-state index is 0.252. The van der Waals surface area contributed by atoms with Gasteiger partial charge in [-0.25, -0.2) is 4.79 Å². The third-order valence-corrected chi connectivity index (χ3v) is 1.01. The Labute approximate surface area is 64.9 Å². The minimum Gasteiger partial charge on any atom is -0.453 e. The van der Waals surface area contributed by atoms with Crippen molar-refractivity contribution in [2.75, 3.05) is 20.7 Å². The molecule has 58 valence electrons. The van der Waals surface area contributed by atoms with Gasteiger partial charge in [-0.2, -0.15) is 0 Å². The molecule has 0 radical (unpaired) electrons. The van der Waals surface area contributed by atoms with Crippen LogP contribution < -0.4 is 5.73 Å². The number of ether oxygens (including phenoxy) is 1. The molecule has 0 saturated carbocycles. The lowest BCUT2D eigenvalue weighted by Gasteiger charge is -2.13. The molecule has 0 bridgehead atoms. The highest BCUT2D eigenvalue weighted by Crippen LogP contribution is 1.86. The molecule has 2 N–H and O–H groups in total. The quantitative estimate of drug-likeness (QED) is 0.579. The summed E-state index contributed by atoms with van der Waals surface area (Å²) >= 11 is 4.57. The number of methoxy groups -OCH3 is 1. The zero-order valence-corrected chi connectivity index (χ0v) is 6.77. The molecule has 5 heteroatoms. The minimum atomic E-state index is -0.437. The second kappa shape index (κ2) is 4.05. The first-order valence-corrected chi connectivity index (χ1v) is 3.06. The summed E-state index contributed by atoms with van der Waals surface area (Å²) in [6.07, 6.45) is -0.437. The molecule has 0 spiro atoms. The number of hydrogen-bond donors (Lipinski definition) is 1. The van der Waals surface area contributed by atoms with Gasteiger partial charge in [-0.15, -0.1) is 0 Å². The Hall–Kier alpha value is -0.840. The monoisotopic (exact) mass is 162 g/mol. The summed E-state index contributed by atoms with van der Waals surface area (Å²) in [6.45, 7) is 0.252. The van der Waals surface area contributed by atoms with Crippen molar-refractivity contribution in [2.24, 2.45) is 5.73 Å². The highest BCUT2D eigenvalue weighted by Gasteiger charge is 2.07. The van der Waals surface area contributed by atoms with Crippen molar-refractivity contribution in [1.82, 2.24) is 4.90 Å². The Kier molecular flexibility index (Phi) is 3.71. The predicted molar refractivity (Wildman–Crippen MR) is 41.8 cm³/mol. The molecule has 0 aromatic heterocycles. The molecule has 0 aliphatic rings. The Balaban J connectivity index is 3.72. The zero-order valence-electron chi connectivity index (χ0n) is 5.96. The van der Waals surface area contributed by atoms with Crippen molar-refractivity contribution in [3.8, 4) is 0 Å². The second-order valence-electron chi connectivity index (χ2n) is 1.79. The maximum atomic E-state index is 10.6. The van der Waals surface area contributed by atoms with E-state index >= 15 is 0 Å². The van der Waals surface area contributed by atoms with Crippen molar-refractivity contribution in [1.29, 1.82) is 0 Å². The molecule has 0 aliphatic carbocycles. The molecule has 0 aliphatic heterocycles. The van der Waals surface area contributed by atoms with E-state index in [1.807, 2.05) is 0 Å². The Morgan fingerprint density at radius 3 is 2.60 bits per heavy atom. The largest absolute Gasteiger partial charge is 0.453 e. The van der Waals surface area contributed by atoms with E-state index in [1.165, 1.54) is 12.0 Å². The standard InChI is InChI=1S/C5H10N2O2S/c1-7(3-4(6)10)5(8)9-2/h3H2,1-2H3,(H2,6,10). The van der Waals surface area contributed by atoms with Gasteiger partial charge in [0.25, 0.3) is 0 Å². The molecule has 0 unspecified atom stereocenters. The average molecular weight is 162 g/mol. The zero-order chi connectivity index (χ0) is 8.15. The molecule has 10 heavy (non-hydrogen) atoms. The fourth-order valence-electron chi connectivity index (χ4n) is 0.454. The first kappa shape index (κ1) is 9.16. The lowest BCUT2D eigenvalue weighted by molar-refractivity contribution is 0.138. The fraction of sp³-hybridized carbons (Fsp3) is 0.600. The molecule has 0 rings (SSSR count). The molecule has 0 atom stereocenters. The lowest BCUT2D eigenvalue weighted by atomic mass is 10.6. The normalized spacial score (nSPS) is 8.60. The van der Waals surface area contributed by atoms with Crippen LogP contribution in [0, 0.1) is 0 Å². The molecular formula is C5H10N2O2S. The van der Waals surface area contributed by atoms with Crippen LogP contribution in [0.2, 0.25) is 0 Å². The first-order chi connectivity index (χ1) is 4.57. The molecular weight excluding hydrogens is 152 g/mol. The van der Waals surface area contributed by atoms with Crippen LogP contribution in [0.5, 0.6) is 0 Å². The van der Waals surface area contributed by atoms with E-state index in [9.17, 15) is 4.79 Å². The second-order valence-corrected chi connectivity index (χ2v) is 2.32. The molecule has 0 aromatic carbocycles. The van der Waals surface area contributed by atoms with Crippen LogP contribution in [0.4, 0.5) is 4.79 Å². The van der Waals surface area contributed by atoms with E-state index in [0.717, 1.165) is 0 Å². The number of amides is 1. The molecule has 0 heterocycles. The number of nitrogens with zero attached hydrogens (tertiary/aromatic N) is 1. The van der Waals surface area contributed by atoms with Gasteiger partial charge in [-0.05, 0) is 0 Å². The lowest BCUT2D eigenvalue weighted by Crippen LogP contribution is -2.34. The van der Waals surface area contributed by atoms with Crippen LogP contribution in [0.1, 0.15) is 0 Å². The maximum absolute atomic E-state index is 10.6. The van der Waals surface area contributed by atoms with Crippen molar-refractivity contribution in [3.05, 3.63) is 0 Å². The molecule has 4 nitrogen and oxygen atoms in total. The number of carbonyl (C=O) groups excluding carboxylic acids is 1. The number of thiocarbonyl (C=S) groups is 1. The van der Waals surface area contributed by atoms with E-state index in [0.29, 0.717) is 0 Å². The van der Waals surface area contributed by atoms with Gasteiger partial charge in [0.2, 0.25) is 0 Å². The maximum Gasteiger partial charge on any atom is 0.409 e. The summed E-state index contributed by atoms with van der Waals surface area (Å²) in [5.74, 6) is 0. The van der Waals surface area contributed by atoms with Crippen molar-refractivity contribution in [3.63, 3.8) is 0 Å². The SMILES string of the molecule is COC(=O)N(C)CC(N)=S. The van der Waals surface area contributed by atoms with E-state index in [-0.39, 0.29) is 11.5 Å². The molecule has 0 aromatic rings. The summed E-state index contributed by atoms with van der Waals surface area (Å²) in [5.41, 5.74) is 5.17. The molecule has 1 amide bonds. The number of nitrogens with two attached hydrogens (primary N) is 1. The smallest absolute Gasteiger partial charge is 0.409 e. The van der Waals surface area contributed by atoms with Crippen LogP contribution >= 0.6 is 12.2 Å². The number of rotatable bonds is 2. The van der Waals surface area contributed by atoms with Gasteiger partial charge in [-0.3, -0.25) is 0 Å². The number of hydrogen-bond acceptors (Lipinski definition) is 3. The third-order valence-electron chi connectivity index (χ3n) is 0.879. The van der Waals surface area contributed by atoms with Gasteiger partial charge in [-0.1, -0.05) is 12.2 Å². The summed E-state index contributed by atoms with van der Waals surface area (Å²) in [7, 11) is 2.86. The highest BCUT2D eigenvalue weighted by molar-refractivity contribution is 7.80. The topological polar surface area (TPSA) is 55.6 Å². The van der Waals surface area contributed by atoms with E-state index in [2.05, 4.69) is 17.0 Å². The van der Waals surface area contributed by atoms with Gasteiger partial charge >= 0.3 is 6.09 Å². The van der Waals surface area contributed by atoms with E-state index < -0.39 is 6.09 Å². The molecule has 0 saturated heterocycles.